The third kappa shape index (κ3) is 4.94. The van der Waals surface area contributed by atoms with E-state index >= 15 is 0 Å². The highest BCUT2D eigenvalue weighted by Gasteiger charge is 2.21. The maximum atomic E-state index is 12.3. The molecule has 4 heteroatoms. The Balaban J connectivity index is 1.49. The molecule has 136 valence electrons. The number of hydrogen-bond donors (Lipinski definition) is 1. The van der Waals surface area contributed by atoms with Crippen molar-refractivity contribution in [1.82, 2.24) is 5.32 Å². The van der Waals surface area contributed by atoms with Crippen LogP contribution in [-0.4, -0.2) is 18.3 Å². The standard InChI is InChI=1S/C22H25NO3/c1-16(24)9-10-17-11-13-19(14-12-17)26-15-22(25)23-21-8-4-6-18-5-2-3-7-20(18)21/h2-3,5,7,11-14,21H,4,6,8-10,15H2,1H3,(H,23,25)/t21-/m0/s1. The first-order chi connectivity index (χ1) is 12.6. The van der Waals surface area contributed by atoms with E-state index in [1.165, 1.54) is 11.1 Å². The monoisotopic (exact) mass is 351 g/mol. The van der Waals surface area contributed by atoms with E-state index in [9.17, 15) is 9.59 Å². The normalized spacial score (nSPS) is 15.8. The third-order valence-corrected chi connectivity index (χ3v) is 4.76. The molecule has 0 aromatic heterocycles. The van der Waals surface area contributed by atoms with Gasteiger partial charge in [0.05, 0.1) is 6.04 Å². The molecule has 0 fully saturated rings. The number of fused-ring (bicyclic) bond motifs is 1. The number of ether oxygens (including phenoxy) is 1. The van der Waals surface area contributed by atoms with Gasteiger partial charge in [-0.3, -0.25) is 4.79 Å². The molecular formula is C22H25NO3. The summed E-state index contributed by atoms with van der Waals surface area (Å²) in [7, 11) is 0. The number of ketones is 1. The Morgan fingerprint density at radius 3 is 2.65 bits per heavy atom. The number of Topliss-reactive ketones (excluding diaryl/α,β-unsaturated/α-hetero) is 1. The van der Waals surface area contributed by atoms with Crippen molar-refractivity contribution in [1.29, 1.82) is 0 Å². The van der Waals surface area contributed by atoms with Gasteiger partial charge >= 0.3 is 0 Å². The highest BCUT2D eigenvalue weighted by molar-refractivity contribution is 5.78. The van der Waals surface area contributed by atoms with Gasteiger partial charge in [-0.15, -0.1) is 0 Å². The summed E-state index contributed by atoms with van der Waals surface area (Å²) in [5.41, 5.74) is 3.64. The van der Waals surface area contributed by atoms with Gasteiger partial charge in [0.25, 0.3) is 5.91 Å². The predicted octanol–water partition coefficient (Wildman–Crippen LogP) is 3.78. The SMILES string of the molecule is CC(=O)CCc1ccc(OCC(=O)N[C@H]2CCCc3ccccc32)cc1. The summed E-state index contributed by atoms with van der Waals surface area (Å²) in [5.74, 6) is 0.745. The minimum atomic E-state index is -0.104. The van der Waals surface area contributed by atoms with Gasteiger partial charge in [-0.1, -0.05) is 36.4 Å². The molecule has 1 N–H and O–H groups in total. The fraction of sp³-hybridized carbons (Fsp3) is 0.364. The van der Waals surface area contributed by atoms with E-state index in [2.05, 4.69) is 17.4 Å². The van der Waals surface area contributed by atoms with E-state index in [1.54, 1.807) is 6.92 Å². The lowest BCUT2D eigenvalue weighted by Crippen LogP contribution is -2.34. The number of hydrogen-bond acceptors (Lipinski definition) is 3. The first-order valence-corrected chi connectivity index (χ1v) is 9.20. The zero-order chi connectivity index (χ0) is 18.4. The summed E-state index contributed by atoms with van der Waals surface area (Å²) in [6.07, 6.45) is 4.41. The highest BCUT2D eigenvalue weighted by atomic mass is 16.5. The number of nitrogens with one attached hydrogen (secondary N) is 1. The number of carbonyl (C=O) groups is 2. The van der Waals surface area contributed by atoms with Crippen molar-refractivity contribution >= 4 is 11.7 Å². The van der Waals surface area contributed by atoms with Gasteiger partial charge in [0, 0.05) is 6.42 Å². The van der Waals surface area contributed by atoms with Crippen LogP contribution in [0, 0.1) is 0 Å². The molecule has 1 atom stereocenters. The predicted molar refractivity (Wildman–Crippen MR) is 101 cm³/mol. The van der Waals surface area contributed by atoms with Crippen molar-refractivity contribution in [3.63, 3.8) is 0 Å². The van der Waals surface area contributed by atoms with Crippen LogP contribution in [0.5, 0.6) is 5.75 Å². The van der Waals surface area contributed by atoms with Crippen molar-refractivity contribution in [2.75, 3.05) is 6.61 Å². The van der Waals surface area contributed by atoms with E-state index in [4.69, 9.17) is 4.74 Å². The Hall–Kier alpha value is -2.62. The van der Waals surface area contributed by atoms with Crippen molar-refractivity contribution in [3.8, 4) is 5.75 Å². The van der Waals surface area contributed by atoms with Gasteiger partial charge in [0.2, 0.25) is 0 Å². The summed E-state index contributed by atoms with van der Waals surface area (Å²) in [6.45, 7) is 1.60. The second-order valence-corrected chi connectivity index (χ2v) is 6.85. The number of aryl methyl sites for hydroxylation is 2. The van der Waals surface area contributed by atoms with E-state index in [0.717, 1.165) is 31.2 Å². The molecule has 4 nitrogen and oxygen atoms in total. The number of benzene rings is 2. The minimum absolute atomic E-state index is 0.00542. The molecule has 0 aliphatic heterocycles. The van der Waals surface area contributed by atoms with Crippen molar-refractivity contribution < 1.29 is 14.3 Å². The van der Waals surface area contributed by atoms with Crippen LogP contribution in [0.25, 0.3) is 0 Å². The molecular weight excluding hydrogens is 326 g/mol. The molecule has 1 amide bonds. The maximum absolute atomic E-state index is 12.3. The van der Waals surface area contributed by atoms with Crippen LogP contribution in [0.4, 0.5) is 0 Å². The minimum Gasteiger partial charge on any atom is -0.484 e. The molecule has 0 unspecified atom stereocenters. The molecule has 0 saturated carbocycles. The molecule has 0 bridgehead atoms. The first-order valence-electron chi connectivity index (χ1n) is 9.20. The van der Waals surface area contributed by atoms with Crippen LogP contribution in [0.1, 0.15) is 48.9 Å². The average molecular weight is 351 g/mol. The topological polar surface area (TPSA) is 55.4 Å². The fourth-order valence-electron chi connectivity index (χ4n) is 3.36. The summed E-state index contributed by atoms with van der Waals surface area (Å²) < 4.78 is 5.60. The molecule has 3 rings (SSSR count). The molecule has 1 aliphatic rings. The van der Waals surface area contributed by atoms with Crippen LogP contribution >= 0.6 is 0 Å². The smallest absolute Gasteiger partial charge is 0.258 e. The van der Waals surface area contributed by atoms with E-state index < -0.39 is 0 Å². The molecule has 0 heterocycles. The Kier molecular flexibility index (Phi) is 6.05. The second-order valence-electron chi connectivity index (χ2n) is 6.85. The Labute approximate surface area is 154 Å². The molecule has 0 saturated heterocycles. The van der Waals surface area contributed by atoms with Gasteiger partial charge in [0.1, 0.15) is 11.5 Å². The Bertz CT molecular complexity index is 767. The number of carbonyl (C=O) groups excluding carboxylic acids is 2. The largest absolute Gasteiger partial charge is 0.484 e. The lowest BCUT2D eigenvalue weighted by atomic mass is 9.88. The highest BCUT2D eigenvalue weighted by Crippen LogP contribution is 2.29. The van der Waals surface area contributed by atoms with E-state index in [-0.39, 0.29) is 24.3 Å². The van der Waals surface area contributed by atoms with Crippen molar-refractivity contribution in [2.24, 2.45) is 0 Å². The Morgan fingerprint density at radius 2 is 1.88 bits per heavy atom. The fourth-order valence-corrected chi connectivity index (χ4v) is 3.36. The molecule has 2 aromatic rings. The van der Waals surface area contributed by atoms with Crippen molar-refractivity contribution in [3.05, 3.63) is 65.2 Å². The quantitative estimate of drug-likeness (QED) is 0.826. The van der Waals surface area contributed by atoms with Gasteiger partial charge in [-0.2, -0.15) is 0 Å². The van der Waals surface area contributed by atoms with Crippen LogP contribution < -0.4 is 10.1 Å². The van der Waals surface area contributed by atoms with Gasteiger partial charge in [-0.25, -0.2) is 0 Å². The number of amides is 1. The zero-order valence-corrected chi connectivity index (χ0v) is 15.2. The molecule has 0 spiro atoms. The van der Waals surface area contributed by atoms with Crippen LogP contribution in [0.2, 0.25) is 0 Å². The van der Waals surface area contributed by atoms with E-state index in [0.29, 0.717) is 12.2 Å². The van der Waals surface area contributed by atoms with Crippen LogP contribution in [0.3, 0.4) is 0 Å². The lowest BCUT2D eigenvalue weighted by Gasteiger charge is -2.26. The molecule has 0 radical (unpaired) electrons. The van der Waals surface area contributed by atoms with Crippen LogP contribution in [-0.2, 0) is 22.4 Å². The lowest BCUT2D eigenvalue weighted by molar-refractivity contribution is -0.124. The second kappa shape index (κ2) is 8.65. The Morgan fingerprint density at radius 1 is 1.12 bits per heavy atom. The average Bonchev–Trinajstić information content (AvgIpc) is 2.66. The van der Waals surface area contributed by atoms with Gasteiger partial charge in [0.15, 0.2) is 6.61 Å². The zero-order valence-electron chi connectivity index (χ0n) is 15.2. The van der Waals surface area contributed by atoms with Gasteiger partial charge in [-0.05, 0) is 61.4 Å². The summed E-state index contributed by atoms with van der Waals surface area (Å²) in [6, 6.07) is 15.9. The van der Waals surface area contributed by atoms with E-state index in [1.807, 2.05) is 36.4 Å². The summed E-state index contributed by atoms with van der Waals surface area (Å²) in [4.78, 5) is 23.3. The third-order valence-electron chi connectivity index (χ3n) is 4.76. The molecule has 1 aliphatic carbocycles. The first kappa shape index (κ1) is 18.2. The molecule has 2 aromatic carbocycles. The molecule has 26 heavy (non-hydrogen) atoms. The van der Waals surface area contributed by atoms with Gasteiger partial charge < -0.3 is 14.8 Å². The van der Waals surface area contributed by atoms with Crippen LogP contribution in [0.15, 0.2) is 48.5 Å². The summed E-state index contributed by atoms with van der Waals surface area (Å²) in [5, 5.41) is 3.09. The maximum Gasteiger partial charge on any atom is 0.258 e. The van der Waals surface area contributed by atoms with Crippen molar-refractivity contribution in [2.45, 2.75) is 45.1 Å². The summed E-state index contributed by atoms with van der Waals surface area (Å²) >= 11 is 0. The number of rotatable bonds is 7.